The summed E-state index contributed by atoms with van der Waals surface area (Å²) in [6, 6.07) is 20.1. The van der Waals surface area contributed by atoms with E-state index in [0.29, 0.717) is 11.3 Å². The van der Waals surface area contributed by atoms with Crippen LogP contribution in [0.3, 0.4) is 0 Å². The molecule has 0 saturated carbocycles. The first-order valence-electron chi connectivity index (χ1n) is 10.5. The zero-order chi connectivity index (χ0) is 20.1. The minimum Gasteiger partial charge on any atom is -0.465 e. The van der Waals surface area contributed by atoms with E-state index in [4.69, 9.17) is 4.42 Å². The molecule has 3 nitrogen and oxygen atoms in total. The second-order valence-electron chi connectivity index (χ2n) is 7.61. The van der Waals surface area contributed by atoms with Crippen molar-refractivity contribution in [2.24, 2.45) is 0 Å². The Morgan fingerprint density at radius 2 is 1.83 bits per heavy atom. The smallest absolute Gasteiger partial charge is 0.252 e. The summed E-state index contributed by atoms with van der Waals surface area (Å²) in [6.45, 7) is 2.11. The number of carbonyl (C=O) groups excluding carboxylic acids is 1. The average Bonchev–Trinajstić information content (AvgIpc) is 3.29. The van der Waals surface area contributed by atoms with E-state index in [1.54, 1.807) is 6.26 Å². The quantitative estimate of drug-likeness (QED) is 0.532. The van der Waals surface area contributed by atoms with E-state index >= 15 is 0 Å². The third kappa shape index (κ3) is 4.51. The van der Waals surface area contributed by atoms with Crippen molar-refractivity contribution in [2.75, 3.05) is 0 Å². The summed E-state index contributed by atoms with van der Waals surface area (Å²) in [7, 11) is 0. The van der Waals surface area contributed by atoms with Crippen molar-refractivity contribution >= 4 is 17.6 Å². The van der Waals surface area contributed by atoms with E-state index in [0.717, 1.165) is 18.4 Å². The standard InChI is InChI=1S/C26H27NO2/c1-2-25(22-15-14-19-9-6-7-12-21(19)17-22)27-26(28)24(18-23-13-8-16-29-23)20-10-4-3-5-11-20/h3-5,8,10-11,13-18,25H,2,6-7,9,12H2,1H3,(H,27,28)/b24-18+. The van der Waals surface area contributed by atoms with Crippen LogP contribution in [0.1, 0.15) is 60.2 Å². The van der Waals surface area contributed by atoms with Crippen LogP contribution in [0.4, 0.5) is 0 Å². The molecule has 4 rings (SSSR count). The molecule has 1 unspecified atom stereocenters. The predicted molar refractivity (Wildman–Crippen MR) is 117 cm³/mol. The first kappa shape index (κ1) is 19.3. The molecular formula is C26H27NO2. The van der Waals surface area contributed by atoms with Crippen molar-refractivity contribution in [1.82, 2.24) is 5.32 Å². The molecule has 3 aromatic rings. The number of amides is 1. The number of benzene rings is 2. The van der Waals surface area contributed by atoms with Crippen LogP contribution in [-0.2, 0) is 17.6 Å². The molecule has 0 saturated heterocycles. The minimum absolute atomic E-state index is 0.0153. The molecule has 0 bridgehead atoms. The topological polar surface area (TPSA) is 42.2 Å². The van der Waals surface area contributed by atoms with Crippen molar-refractivity contribution in [2.45, 2.75) is 45.1 Å². The van der Waals surface area contributed by atoms with Gasteiger partial charge in [-0.05, 0) is 72.6 Å². The molecule has 1 aliphatic rings. The molecule has 148 valence electrons. The summed E-state index contributed by atoms with van der Waals surface area (Å²) < 4.78 is 5.46. The number of nitrogens with one attached hydrogen (secondary N) is 1. The van der Waals surface area contributed by atoms with E-state index in [-0.39, 0.29) is 11.9 Å². The molecular weight excluding hydrogens is 358 g/mol. The minimum atomic E-state index is -0.0860. The zero-order valence-electron chi connectivity index (χ0n) is 16.9. The molecule has 0 fully saturated rings. The summed E-state index contributed by atoms with van der Waals surface area (Å²) >= 11 is 0. The number of carbonyl (C=O) groups is 1. The molecule has 0 radical (unpaired) electrons. The van der Waals surface area contributed by atoms with Crippen molar-refractivity contribution in [3.8, 4) is 0 Å². The van der Waals surface area contributed by atoms with Gasteiger partial charge in [0.2, 0.25) is 0 Å². The first-order valence-corrected chi connectivity index (χ1v) is 10.5. The normalized spacial score (nSPS) is 14.9. The maximum atomic E-state index is 13.3. The van der Waals surface area contributed by atoms with Crippen LogP contribution in [0.5, 0.6) is 0 Å². The van der Waals surface area contributed by atoms with Crippen LogP contribution in [0, 0.1) is 0 Å². The lowest BCUT2D eigenvalue weighted by Crippen LogP contribution is -2.29. The van der Waals surface area contributed by atoms with Gasteiger partial charge in [0.15, 0.2) is 0 Å². The van der Waals surface area contributed by atoms with Crippen LogP contribution >= 0.6 is 0 Å². The van der Waals surface area contributed by atoms with E-state index in [1.165, 1.54) is 36.0 Å². The third-order valence-corrected chi connectivity index (χ3v) is 5.65. The molecule has 1 heterocycles. The summed E-state index contributed by atoms with van der Waals surface area (Å²) in [4.78, 5) is 13.3. The van der Waals surface area contributed by atoms with Crippen LogP contribution < -0.4 is 5.32 Å². The number of rotatable bonds is 6. The summed E-state index contributed by atoms with van der Waals surface area (Å²) in [5.41, 5.74) is 5.57. The highest BCUT2D eigenvalue weighted by atomic mass is 16.3. The monoisotopic (exact) mass is 385 g/mol. The molecule has 29 heavy (non-hydrogen) atoms. The van der Waals surface area contributed by atoms with Gasteiger partial charge in [-0.15, -0.1) is 0 Å². The summed E-state index contributed by atoms with van der Waals surface area (Å²) in [5.74, 6) is 0.581. The van der Waals surface area contributed by atoms with Crippen LogP contribution in [0.15, 0.2) is 71.3 Å². The Kier molecular flexibility index (Phi) is 5.95. The highest BCUT2D eigenvalue weighted by Gasteiger charge is 2.19. The Bertz CT molecular complexity index is 987. The lowest BCUT2D eigenvalue weighted by atomic mass is 9.88. The molecule has 1 aliphatic carbocycles. The maximum Gasteiger partial charge on any atom is 0.252 e. The number of aryl methyl sites for hydroxylation is 2. The lowest BCUT2D eigenvalue weighted by Gasteiger charge is -2.22. The summed E-state index contributed by atoms with van der Waals surface area (Å²) in [5, 5.41) is 3.25. The molecule has 2 aromatic carbocycles. The van der Waals surface area contributed by atoms with Gasteiger partial charge >= 0.3 is 0 Å². The Balaban J connectivity index is 1.61. The Hall–Kier alpha value is -3.07. The molecule has 1 aromatic heterocycles. The molecule has 0 aliphatic heterocycles. The van der Waals surface area contributed by atoms with E-state index in [9.17, 15) is 4.79 Å². The van der Waals surface area contributed by atoms with Gasteiger partial charge in [0.1, 0.15) is 5.76 Å². The largest absolute Gasteiger partial charge is 0.465 e. The van der Waals surface area contributed by atoms with Gasteiger partial charge in [-0.1, -0.05) is 55.5 Å². The Morgan fingerprint density at radius 3 is 2.55 bits per heavy atom. The molecule has 1 amide bonds. The third-order valence-electron chi connectivity index (χ3n) is 5.65. The number of hydrogen-bond donors (Lipinski definition) is 1. The van der Waals surface area contributed by atoms with Gasteiger partial charge in [-0.3, -0.25) is 4.79 Å². The Morgan fingerprint density at radius 1 is 1.03 bits per heavy atom. The fourth-order valence-corrected chi connectivity index (χ4v) is 4.04. The van der Waals surface area contributed by atoms with Crippen molar-refractivity contribution in [1.29, 1.82) is 0 Å². The molecule has 3 heteroatoms. The predicted octanol–water partition coefficient (Wildman–Crippen LogP) is 5.97. The fraction of sp³-hybridized carbons (Fsp3) is 0.269. The van der Waals surface area contributed by atoms with Gasteiger partial charge in [0.25, 0.3) is 5.91 Å². The highest BCUT2D eigenvalue weighted by Crippen LogP contribution is 2.27. The summed E-state index contributed by atoms with van der Waals surface area (Å²) in [6.07, 6.45) is 9.11. The average molecular weight is 386 g/mol. The van der Waals surface area contributed by atoms with Gasteiger partial charge in [0.05, 0.1) is 17.9 Å². The lowest BCUT2D eigenvalue weighted by molar-refractivity contribution is -0.116. The van der Waals surface area contributed by atoms with Gasteiger partial charge in [0, 0.05) is 0 Å². The van der Waals surface area contributed by atoms with Crippen molar-refractivity contribution in [3.05, 3.63) is 94.9 Å². The van der Waals surface area contributed by atoms with E-state index in [1.807, 2.05) is 48.5 Å². The maximum absolute atomic E-state index is 13.3. The first-order chi connectivity index (χ1) is 14.2. The zero-order valence-corrected chi connectivity index (χ0v) is 16.9. The van der Waals surface area contributed by atoms with Crippen LogP contribution in [-0.4, -0.2) is 5.91 Å². The molecule has 1 N–H and O–H groups in total. The highest BCUT2D eigenvalue weighted by molar-refractivity contribution is 6.24. The molecule has 1 atom stereocenters. The van der Waals surface area contributed by atoms with Crippen LogP contribution in [0.2, 0.25) is 0 Å². The van der Waals surface area contributed by atoms with Gasteiger partial charge < -0.3 is 9.73 Å². The number of fused-ring (bicyclic) bond motifs is 1. The van der Waals surface area contributed by atoms with E-state index < -0.39 is 0 Å². The number of furan rings is 1. The number of hydrogen-bond acceptors (Lipinski definition) is 2. The van der Waals surface area contributed by atoms with Crippen molar-refractivity contribution in [3.63, 3.8) is 0 Å². The van der Waals surface area contributed by atoms with Gasteiger partial charge in [-0.2, -0.15) is 0 Å². The fourth-order valence-electron chi connectivity index (χ4n) is 4.04. The second-order valence-corrected chi connectivity index (χ2v) is 7.61. The SMILES string of the molecule is CCC(NC(=O)/C(=C/c1ccco1)c1ccccc1)c1ccc2c(c1)CCCC2. The van der Waals surface area contributed by atoms with E-state index in [2.05, 4.69) is 30.4 Å². The van der Waals surface area contributed by atoms with Crippen LogP contribution in [0.25, 0.3) is 11.6 Å². The van der Waals surface area contributed by atoms with Crippen molar-refractivity contribution < 1.29 is 9.21 Å². The Labute approximate surface area is 172 Å². The van der Waals surface area contributed by atoms with Gasteiger partial charge in [-0.25, -0.2) is 0 Å². The second kappa shape index (κ2) is 8.95. The molecule has 0 spiro atoms.